The fraction of sp³-hybridized carbons (Fsp3) is 0.350. The molecule has 1 fully saturated rings. The molecule has 7 heteroatoms. The maximum atomic E-state index is 13.1. The normalized spacial score (nSPS) is 20.3. The molecule has 5 nitrogen and oxygen atoms in total. The lowest BCUT2D eigenvalue weighted by molar-refractivity contribution is 0.0510. The van der Waals surface area contributed by atoms with Crippen molar-refractivity contribution < 1.29 is 13.2 Å². The smallest absolute Gasteiger partial charge is 0.263 e. The molecule has 2 atom stereocenters. The van der Waals surface area contributed by atoms with Crippen molar-refractivity contribution in [3.8, 4) is 0 Å². The maximum absolute atomic E-state index is 13.1. The molecule has 0 radical (unpaired) electrons. The van der Waals surface area contributed by atoms with Gasteiger partial charge in [0.2, 0.25) is 0 Å². The topological polar surface area (TPSA) is 66.5 Å². The van der Waals surface area contributed by atoms with E-state index >= 15 is 0 Å². The standard InChI is InChI=1S/C20H23BrN2O3S/c1-14-7-6-8-15(2)23(14)20(24)16-11-12-18(21)19(13-16)27(25,26)22-17-9-4-3-5-10-17/h3-5,9-15,22H,6-8H2,1-2H3/t14-,15+. The molecule has 1 aliphatic heterocycles. The number of piperidine rings is 1. The number of halogens is 1. The molecule has 1 amide bonds. The van der Waals surface area contributed by atoms with Gasteiger partial charge in [-0.3, -0.25) is 9.52 Å². The van der Waals surface area contributed by atoms with Crippen molar-refractivity contribution in [1.29, 1.82) is 0 Å². The van der Waals surface area contributed by atoms with Crippen LogP contribution in [-0.4, -0.2) is 31.3 Å². The molecule has 144 valence electrons. The van der Waals surface area contributed by atoms with Crippen molar-refractivity contribution in [3.63, 3.8) is 0 Å². The van der Waals surface area contributed by atoms with Gasteiger partial charge in [-0.05, 0) is 79.4 Å². The number of carbonyl (C=O) groups is 1. The van der Waals surface area contributed by atoms with Crippen molar-refractivity contribution in [2.45, 2.75) is 50.1 Å². The average molecular weight is 451 g/mol. The van der Waals surface area contributed by atoms with Gasteiger partial charge >= 0.3 is 0 Å². The van der Waals surface area contributed by atoms with E-state index in [0.717, 1.165) is 19.3 Å². The predicted molar refractivity (Wildman–Crippen MR) is 110 cm³/mol. The van der Waals surface area contributed by atoms with Gasteiger partial charge in [0.25, 0.3) is 15.9 Å². The fourth-order valence-corrected chi connectivity index (χ4v) is 5.58. The molecule has 0 spiro atoms. The first-order valence-corrected chi connectivity index (χ1v) is 11.3. The summed E-state index contributed by atoms with van der Waals surface area (Å²) in [7, 11) is -3.83. The molecule has 1 heterocycles. The van der Waals surface area contributed by atoms with Crippen LogP contribution in [0.4, 0.5) is 5.69 Å². The Balaban J connectivity index is 1.93. The van der Waals surface area contributed by atoms with E-state index in [1.165, 1.54) is 6.07 Å². The minimum Gasteiger partial charge on any atom is -0.333 e. The number of nitrogens with one attached hydrogen (secondary N) is 1. The summed E-state index contributed by atoms with van der Waals surface area (Å²) in [6.45, 7) is 4.09. The van der Waals surface area contributed by atoms with Gasteiger partial charge in [0.05, 0.1) is 0 Å². The molecule has 1 N–H and O–H groups in total. The van der Waals surface area contributed by atoms with E-state index in [1.807, 2.05) is 24.8 Å². The third-order valence-corrected chi connectivity index (χ3v) is 7.30. The van der Waals surface area contributed by atoms with E-state index in [4.69, 9.17) is 0 Å². The maximum Gasteiger partial charge on any atom is 0.263 e. The number of anilines is 1. The molecule has 0 saturated carbocycles. The summed E-state index contributed by atoms with van der Waals surface area (Å²) in [4.78, 5) is 15.0. The SMILES string of the molecule is C[C@@H]1CCC[C@H](C)N1C(=O)c1ccc(Br)c(S(=O)(=O)Nc2ccccc2)c1. The molecule has 2 aromatic rings. The highest BCUT2D eigenvalue weighted by Crippen LogP contribution is 2.29. The molecular formula is C20H23BrN2O3S. The first-order valence-electron chi connectivity index (χ1n) is 8.99. The Kier molecular flexibility index (Phi) is 5.91. The number of benzene rings is 2. The van der Waals surface area contributed by atoms with Crippen molar-refractivity contribution in [2.75, 3.05) is 4.72 Å². The van der Waals surface area contributed by atoms with Crippen LogP contribution in [0, 0.1) is 0 Å². The highest BCUT2D eigenvalue weighted by Gasteiger charge is 2.30. The van der Waals surface area contributed by atoms with Gasteiger partial charge in [0, 0.05) is 27.8 Å². The van der Waals surface area contributed by atoms with Crippen molar-refractivity contribution in [3.05, 3.63) is 58.6 Å². The lowest BCUT2D eigenvalue weighted by Gasteiger charge is -2.39. The number of hydrogen-bond acceptors (Lipinski definition) is 3. The Hall–Kier alpha value is -1.86. The molecule has 1 aliphatic rings. The Morgan fingerprint density at radius 2 is 1.70 bits per heavy atom. The summed E-state index contributed by atoms with van der Waals surface area (Å²) in [5.74, 6) is -0.127. The molecule has 2 aromatic carbocycles. The van der Waals surface area contributed by atoms with Gasteiger partial charge in [-0.15, -0.1) is 0 Å². The van der Waals surface area contributed by atoms with Crippen LogP contribution in [0.25, 0.3) is 0 Å². The van der Waals surface area contributed by atoms with Gasteiger partial charge in [0.1, 0.15) is 4.90 Å². The van der Waals surface area contributed by atoms with E-state index in [9.17, 15) is 13.2 Å². The van der Waals surface area contributed by atoms with Crippen molar-refractivity contribution in [1.82, 2.24) is 4.90 Å². The molecule has 3 rings (SSSR count). The first-order chi connectivity index (χ1) is 12.8. The summed E-state index contributed by atoms with van der Waals surface area (Å²) in [5.41, 5.74) is 0.853. The molecule has 0 aliphatic carbocycles. The highest BCUT2D eigenvalue weighted by molar-refractivity contribution is 9.10. The number of hydrogen-bond donors (Lipinski definition) is 1. The number of likely N-dealkylation sites (tertiary alicyclic amines) is 1. The van der Waals surface area contributed by atoms with Gasteiger partial charge in [-0.2, -0.15) is 0 Å². The van der Waals surface area contributed by atoms with Crippen LogP contribution in [0.2, 0.25) is 0 Å². The zero-order valence-corrected chi connectivity index (χ0v) is 17.8. The average Bonchev–Trinajstić information content (AvgIpc) is 2.62. The van der Waals surface area contributed by atoms with Gasteiger partial charge in [-0.1, -0.05) is 18.2 Å². The lowest BCUT2D eigenvalue weighted by atomic mass is 9.96. The number of nitrogens with zero attached hydrogens (tertiary/aromatic N) is 1. The van der Waals surface area contributed by atoms with Crippen molar-refractivity contribution in [2.24, 2.45) is 0 Å². The molecular weight excluding hydrogens is 428 g/mol. The minimum absolute atomic E-state index is 0.0505. The third-order valence-electron chi connectivity index (χ3n) is 4.92. The van der Waals surface area contributed by atoms with Crippen LogP contribution in [-0.2, 0) is 10.0 Å². The lowest BCUT2D eigenvalue weighted by Crippen LogP contribution is -2.47. The second kappa shape index (κ2) is 8.02. The number of rotatable bonds is 4. The number of sulfonamides is 1. The highest BCUT2D eigenvalue weighted by atomic mass is 79.9. The summed E-state index contributed by atoms with van der Waals surface area (Å²) >= 11 is 3.30. The number of carbonyl (C=O) groups excluding carboxylic acids is 1. The van der Waals surface area contributed by atoms with Crippen LogP contribution in [0.15, 0.2) is 57.9 Å². The van der Waals surface area contributed by atoms with Gasteiger partial charge in [-0.25, -0.2) is 8.42 Å². The van der Waals surface area contributed by atoms with Gasteiger partial charge < -0.3 is 4.90 Å². The Labute approximate surface area is 169 Å². The monoisotopic (exact) mass is 450 g/mol. The van der Waals surface area contributed by atoms with Crippen LogP contribution >= 0.6 is 15.9 Å². The van der Waals surface area contributed by atoms with E-state index in [-0.39, 0.29) is 22.9 Å². The molecule has 0 aromatic heterocycles. The summed E-state index contributed by atoms with van der Waals surface area (Å²) in [6.07, 6.45) is 3.04. The molecule has 27 heavy (non-hydrogen) atoms. The Morgan fingerprint density at radius 1 is 1.07 bits per heavy atom. The second-order valence-corrected chi connectivity index (χ2v) is 9.46. The number of para-hydroxylation sites is 1. The molecule has 0 bridgehead atoms. The van der Waals surface area contributed by atoms with Crippen molar-refractivity contribution >= 4 is 37.5 Å². The van der Waals surface area contributed by atoms with Crippen LogP contribution in [0.3, 0.4) is 0 Å². The van der Waals surface area contributed by atoms with Crippen LogP contribution in [0.5, 0.6) is 0 Å². The Morgan fingerprint density at radius 3 is 2.33 bits per heavy atom. The summed E-state index contributed by atoms with van der Waals surface area (Å²) in [5, 5.41) is 0. The molecule has 1 saturated heterocycles. The fourth-order valence-electron chi connectivity index (χ4n) is 3.53. The van der Waals surface area contributed by atoms with E-state index in [1.54, 1.807) is 36.4 Å². The largest absolute Gasteiger partial charge is 0.333 e. The minimum atomic E-state index is -3.83. The van der Waals surface area contributed by atoms with E-state index in [0.29, 0.717) is 15.7 Å². The van der Waals surface area contributed by atoms with E-state index < -0.39 is 10.0 Å². The summed E-state index contributed by atoms with van der Waals surface area (Å²) in [6, 6.07) is 13.7. The zero-order chi connectivity index (χ0) is 19.6. The van der Waals surface area contributed by atoms with Crippen LogP contribution < -0.4 is 4.72 Å². The summed E-state index contributed by atoms with van der Waals surface area (Å²) < 4.78 is 28.6. The number of amides is 1. The third kappa shape index (κ3) is 4.35. The Bertz CT molecular complexity index is 921. The zero-order valence-electron chi connectivity index (χ0n) is 15.4. The van der Waals surface area contributed by atoms with Crippen LogP contribution in [0.1, 0.15) is 43.5 Å². The first kappa shape index (κ1) is 19.9. The quantitative estimate of drug-likeness (QED) is 0.736. The van der Waals surface area contributed by atoms with E-state index in [2.05, 4.69) is 20.7 Å². The molecule has 0 unspecified atom stereocenters. The van der Waals surface area contributed by atoms with Gasteiger partial charge in [0.15, 0.2) is 0 Å². The predicted octanol–water partition coefficient (Wildman–Crippen LogP) is 4.65. The second-order valence-electron chi connectivity index (χ2n) is 6.96.